The number of carbonyl (C=O) groups is 5. The van der Waals surface area contributed by atoms with Crippen molar-refractivity contribution >= 4 is 42.3 Å². The highest BCUT2D eigenvalue weighted by Gasteiger charge is 2.43. The first kappa shape index (κ1) is 32.6. The first-order chi connectivity index (χ1) is 20.5. The Balaban J connectivity index is 2.08. The van der Waals surface area contributed by atoms with Crippen LogP contribution in [0.3, 0.4) is 0 Å². The number of carbonyl (C=O) groups excluding carboxylic acids is 5. The van der Waals surface area contributed by atoms with Gasteiger partial charge in [-0.25, -0.2) is 19.5 Å². The van der Waals surface area contributed by atoms with Crippen LogP contribution < -0.4 is 26.6 Å². The van der Waals surface area contributed by atoms with Gasteiger partial charge in [0, 0.05) is 24.3 Å². The molecule has 2 aromatic rings. The van der Waals surface area contributed by atoms with Crippen molar-refractivity contribution in [3.05, 3.63) is 52.3 Å². The van der Waals surface area contributed by atoms with Crippen LogP contribution in [0.15, 0.2) is 29.4 Å². The molecule has 0 aliphatic heterocycles. The van der Waals surface area contributed by atoms with Gasteiger partial charge >= 0.3 is 12.1 Å². The zero-order valence-electron chi connectivity index (χ0n) is 25.0. The van der Waals surface area contributed by atoms with Crippen LogP contribution in [0.5, 0.6) is 0 Å². The van der Waals surface area contributed by atoms with Crippen LogP contribution in [0.4, 0.5) is 10.5 Å². The van der Waals surface area contributed by atoms with Gasteiger partial charge in [-0.2, -0.15) is 0 Å². The molecule has 1 aliphatic rings. The first-order valence-electron chi connectivity index (χ1n) is 13.9. The lowest BCUT2D eigenvalue weighted by molar-refractivity contribution is -0.154. The van der Waals surface area contributed by atoms with E-state index in [1.54, 1.807) is 32.9 Å². The summed E-state index contributed by atoms with van der Waals surface area (Å²) in [5.74, 6) is -1.44. The Labute approximate surface area is 249 Å². The van der Waals surface area contributed by atoms with Gasteiger partial charge in [-0.3, -0.25) is 14.4 Å². The average Bonchev–Trinajstić information content (AvgIpc) is 3.70. The van der Waals surface area contributed by atoms with Gasteiger partial charge in [0.05, 0.1) is 23.3 Å². The number of anilines is 1. The molecule has 1 fully saturated rings. The maximum atomic E-state index is 13.9. The number of H-pyrrole nitrogens is 1. The van der Waals surface area contributed by atoms with Gasteiger partial charge in [-0.05, 0) is 70.2 Å². The van der Waals surface area contributed by atoms with E-state index in [0.717, 1.165) is 25.6 Å². The fraction of sp³-hybridized carbons (Fsp3) is 0.448. The summed E-state index contributed by atoms with van der Waals surface area (Å²) in [4.78, 5) is 71.2. The molecule has 3 rings (SSSR count). The highest BCUT2D eigenvalue weighted by molar-refractivity contribution is 5.99. The third-order valence-corrected chi connectivity index (χ3v) is 7.02. The molecule has 0 saturated heterocycles. The largest absolute Gasteiger partial charge is 0.426 e. The molecule has 2 atom stereocenters. The quantitative estimate of drug-likeness (QED) is 0.0717. The number of hydrogen-bond acceptors (Lipinski definition) is 8. The number of aryl methyl sites for hydroxylation is 1. The highest BCUT2D eigenvalue weighted by Crippen LogP contribution is 2.39. The molecule has 4 amide bonds. The minimum absolute atomic E-state index is 0.107. The summed E-state index contributed by atoms with van der Waals surface area (Å²) >= 11 is 0. The van der Waals surface area contributed by atoms with E-state index in [1.807, 2.05) is 6.92 Å². The Hall–Kier alpha value is -4.88. The number of ether oxygens (including phenoxy) is 2. The maximum Gasteiger partial charge on any atom is 0.419 e. The minimum Gasteiger partial charge on any atom is -0.426 e. The predicted octanol–water partition coefficient (Wildman–Crippen LogP) is 2.10. The molecule has 0 bridgehead atoms. The summed E-state index contributed by atoms with van der Waals surface area (Å²) < 4.78 is 10.4. The normalized spacial score (nSPS) is 14.7. The molecule has 43 heavy (non-hydrogen) atoms. The molecule has 0 spiro atoms. The number of esters is 1. The van der Waals surface area contributed by atoms with Gasteiger partial charge in [0.25, 0.3) is 11.8 Å². The van der Waals surface area contributed by atoms with E-state index in [9.17, 15) is 24.0 Å². The number of nitrogens with two attached hydrogens (primary N) is 1. The molecule has 1 aromatic heterocycles. The molecular formula is C29H39N7O7. The van der Waals surface area contributed by atoms with Crippen molar-refractivity contribution in [3.8, 4) is 0 Å². The van der Waals surface area contributed by atoms with Crippen LogP contribution in [-0.2, 0) is 24.7 Å². The lowest BCUT2D eigenvalue weighted by atomic mass is 9.98. The second-order valence-corrected chi connectivity index (χ2v) is 10.3. The fourth-order valence-electron chi connectivity index (χ4n) is 4.43. The van der Waals surface area contributed by atoms with Gasteiger partial charge in [0.2, 0.25) is 13.2 Å². The van der Waals surface area contributed by atoms with E-state index < -0.39 is 30.6 Å². The Bertz CT molecular complexity index is 1390. The summed E-state index contributed by atoms with van der Waals surface area (Å²) in [5.41, 5.74) is 6.50. The number of amides is 4. The molecule has 1 heterocycles. The Kier molecular flexibility index (Phi) is 10.9. The first-order valence-corrected chi connectivity index (χ1v) is 13.9. The van der Waals surface area contributed by atoms with E-state index in [4.69, 9.17) is 15.2 Å². The van der Waals surface area contributed by atoms with Crippen molar-refractivity contribution < 1.29 is 33.4 Å². The second-order valence-electron chi connectivity index (χ2n) is 10.3. The summed E-state index contributed by atoms with van der Waals surface area (Å²) in [5, 5.41) is 8.01. The van der Waals surface area contributed by atoms with Gasteiger partial charge in [-0.15, -0.1) is 0 Å². The van der Waals surface area contributed by atoms with Crippen molar-refractivity contribution in [2.75, 3.05) is 18.2 Å². The number of nitrogens with zero attached hydrogens (tertiary/aromatic N) is 2. The molecular weight excluding hydrogens is 558 g/mol. The summed E-state index contributed by atoms with van der Waals surface area (Å²) in [6.07, 6.45) is 4.42. The smallest absolute Gasteiger partial charge is 0.419 e. The van der Waals surface area contributed by atoms with Crippen molar-refractivity contribution in [1.82, 2.24) is 20.9 Å². The van der Waals surface area contributed by atoms with Gasteiger partial charge < -0.3 is 36.1 Å². The molecule has 0 radical (unpaired) electrons. The van der Waals surface area contributed by atoms with Crippen LogP contribution in [-0.4, -0.2) is 67.0 Å². The van der Waals surface area contributed by atoms with Crippen LogP contribution in [0.1, 0.15) is 77.6 Å². The van der Waals surface area contributed by atoms with E-state index in [0.29, 0.717) is 40.9 Å². The molecule has 1 saturated carbocycles. The van der Waals surface area contributed by atoms with E-state index in [1.165, 1.54) is 24.1 Å². The monoisotopic (exact) mass is 597 g/mol. The third-order valence-electron chi connectivity index (χ3n) is 7.02. The summed E-state index contributed by atoms with van der Waals surface area (Å²) in [6.45, 7) is 8.06. The standard InChI is InChI=1S/C29H39N7O7/c1-6-11-31-26(39)22-13-32-24(18(22)3)29(5,34-14-30)36(28(41)43-16-42-27(40)19(4)33-15-37)23-12-20(8-7-17(23)2)25(38)35-21-9-10-21/h7-8,12-15,19,21,32H,6,9-11,16H2,1-5H3,(H2,30,34)(H,31,39)(H,33,37)(H,35,38). The highest BCUT2D eigenvalue weighted by atomic mass is 16.7. The number of benzene rings is 1. The molecule has 14 nitrogen and oxygen atoms in total. The van der Waals surface area contributed by atoms with Gasteiger partial charge in [0.1, 0.15) is 6.04 Å². The summed E-state index contributed by atoms with van der Waals surface area (Å²) in [6, 6.07) is 4.00. The molecule has 1 aromatic carbocycles. The number of aromatic amines is 1. The molecule has 1 aliphatic carbocycles. The zero-order valence-corrected chi connectivity index (χ0v) is 25.0. The van der Waals surface area contributed by atoms with Gasteiger partial charge in [-0.1, -0.05) is 13.0 Å². The predicted molar refractivity (Wildman–Crippen MR) is 158 cm³/mol. The number of rotatable bonds is 14. The van der Waals surface area contributed by atoms with E-state index in [2.05, 4.69) is 25.9 Å². The van der Waals surface area contributed by atoms with Crippen molar-refractivity contribution in [1.29, 1.82) is 0 Å². The Morgan fingerprint density at radius 2 is 1.93 bits per heavy atom. The zero-order chi connectivity index (χ0) is 31.7. The van der Waals surface area contributed by atoms with Crippen LogP contribution in [0.25, 0.3) is 0 Å². The molecule has 14 heteroatoms. The topological polar surface area (TPSA) is 197 Å². The van der Waals surface area contributed by atoms with Crippen molar-refractivity contribution in [2.45, 2.75) is 71.6 Å². The van der Waals surface area contributed by atoms with Crippen molar-refractivity contribution in [3.63, 3.8) is 0 Å². The Morgan fingerprint density at radius 1 is 1.21 bits per heavy atom. The minimum atomic E-state index is -1.63. The molecule has 232 valence electrons. The SMILES string of the molecule is CCCNC(=O)c1c[nH]c(C(C)(/N=C\N)N(C(=O)OCOC(=O)C(C)NC=O)c2cc(C(=O)NC3CC3)ccc2C)c1C. The molecule has 2 unspecified atom stereocenters. The van der Waals surface area contributed by atoms with Crippen LogP contribution in [0, 0.1) is 13.8 Å². The van der Waals surface area contributed by atoms with Crippen molar-refractivity contribution in [2.24, 2.45) is 10.7 Å². The molecule has 6 N–H and O–H groups in total. The van der Waals surface area contributed by atoms with E-state index in [-0.39, 0.29) is 23.5 Å². The number of hydrogen-bond donors (Lipinski definition) is 5. The summed E-state index contributed by atoms with van der Waals surface area (Å²) in [7, 11) is 0. The number of nitrogens with one attached hydrogen (secondary N) is 4. The average molecular weight is 598 g/mol. The number of aromatic nitrogens is 1. The lowest BCUT2D eigenvalue weighted by Gasteiger charge is -2.38. The third kappa shape index (κ3) is 7.70. The Morgan fingerprint density at radius 3 is 2.56 bits per heavy atom. The van der Waals surface area contributed by atoms with Crippen LogP contribution in [0.2, 0.25) is 0 Å². The second kappa shape index (κ2) is 14.3. The lowest BCUT2D eigenvalue weighted by Crippen LogP contribution is -2.49. The van der Waals surface area contributed by atoms with E-state index >= 15 is 0 Å². The van der Waals surface area contributed by atoms with Gasteiger partial charge in [0.15, 0.2) is 5.66 Å². The maximum absolute atomic E-state index is 13.9. The number of aliphatic imine (C=N–C) groups is 1. The van der Waals surface area contributed by atoms with Crippen LogP contribution >= 0.6 is 0 Å². The fourth-order valence-corrected chi connectivity index (χ4v) is 4.43.